The van der Waals surface area contributed by atoms with Gasteiger partial charge in [-0.3, -0.25) is 0 Å². The van der Waals surface area contributed by atoms with Gasteiger partial charge in [-0.05, 0) is 56.7 Å². The van der Waals surface area contributed by atoms with Crippen LogP contribution >= 0.6 is 0 Å². The van der Waals surface area contributed by atoms with Crippen molar-refractivity contribution in [1.29, 1.82) is 0 Å². The predicted octanol–water partition coefficient (Wildman–Crippen LogP) is 4.36. The van der Waals surface area contributed by atoms with Crippen molar-refractivity contribution in [2.45, 2.75) is 52.1 Å². The number of hydrogen-bond acceptors (Lipinski definition) is 3. The zero-order valence-corrected chi connectivity index (χ0v) is 14.4. The average Bonchev–Trinajstić information content (AvgIpc) is 2.95. The molecule has 0 radical (unpaired) electrons. The molecule has 0 spiro atoms. The van der Waals surface area contributed by atoms with E-state index >= 15 is 0 Å². The zero-order valence-electron chi connectivity index (χ0n) is 14.4. The summed E-state index contributed by atoms with van der Waals surface area (Å²) < 4.78 is 5.63. The smallest absolute Gasteiger partial charge is 0.322 e. The quantitative estimate of drug-likeness (QED) is 0.892. The Bertz CT molecular complexity index is 771. The Morgan fingerprint density at radius 1 is 1.25 bits per heavy atom. The molecule has 2 fully saturated rings. The van der Waals surface area contributed by atoms with E-state index in [9.17, 15) is 4.79 Å². The molecule has 2 atom stereocenters. The number of carbonyl (C=O) groups excluding carboxylic acids is 1. The fraction of sp³-hybridized carbons (Fsp3) is 0.474. The van der Waals surface area contributed by atoms with E-state index in [1.54, 1.807) is 6.20 Å². The van der Waals surface area contributed by atoms with Gasteiger partial charge in [-0.25, -0.2) is 9.78 Å². The third-order valence-corrected chi connectivity index (χ3v) is 5.25. The van der Waals surface area contributed by atoms with Crippen molar-refractivity contribution in [1.82, 2.24) is 9.88 Å². The maximum Gasteiger partial charge on any atom is 0.322 e. The van der Waals surface area contributed by atoms with Crippen molar-refractivity contribution in [2.24, 2.45) is 5.92 Å². The molecule has 0 saturated carbocycles. The van der Waals surface area contributed by atoms with Gasteiger partial charge in [0.25, 0.3) is 0 Å². The molecule has 1 aromatic carbocycles. The number of piperidine rings is 1. The van der Waals surface area contributed by atoms with E-state index in [1.165, 1.54) is 0 Å². The van der Waals surface area contributed by atoms with E-state index in [4.69, 9.17) is 4.42 Å². The topological polar surface area (TPSA) is 58.4 Å². The van der Waals surface area contributed by atoms with Crippen LogP contribution in [0.15, 0.2) is 28.8 Å². The Kier molecular flexibility index (Phi) is 3.59. The minimum absolute atomic E-state index is 0.0153. The third kappa shape index (κ3) is 2.58. The minimum atomic E-state index is 0.0153. The highest BCUT2D eigenvalue weighted by Crippen LogP contribution is 2.41. The number of rotatable bonds is 2. The predicted molar refractivity (Wildman–Crippen MR) is 92.9 cm³/mol. The fourth-order valence-electron chi connectivity index (χ4n) is 4.08. The van der Waals surface area contributed by atoms with Crippen molar-refractivity contribution >= 4 is 11.7 Å². The number of aryl methyl sites for hydroxylation is 2. The van der Waals surface area contributed by atoms with Crippen LogP contribution in [0.1, 0.15) is 37.5 Å². The van der Waals surface area contributed by atoms with Crippen LogP contribution in [0.3, 0.4) is 0 Å². The second-order valence-electron chi connectivity index (χ2n) is 7.26. The van der Waals surface area contributed by atoms with Crippen molar-refractivity contribution in [3.8, 4) is 11.5 Å². The van der Waals surface area contributed by atoms with Crippen molar-refractivity contribution in [2.75, 3.05) is 5.32 Å². The van der Waals surface area contributed by atoms with Crippen molar-refractivity contribution < 1.29 is 9.21 Å². The molecule has 2 saturated heterocycles. The molecule has 126 valence electrons. The summed E-state index contributed by atoms with van der Waals surface area (Å²) in [4.78, 5) is 18.9. The summed E-state index contributed by atoms with van der Waals surface area (Å²) in [6.45, 7) is 6.17. The minimum Gasteiger partial charge on any atom is -0.441 e. The first-order valence-corrected chi connectivity index (χ1v) is 8.64. The van der Waals surface area contributed by atoms with Crippen LogP contribution < -0.4 is 5.32 Å². The van der Waals surface area contributed by atoms with E-state index in [2.05, 4.69) is 17.2 Å². The largest absolute Gasteiger partial charge is 0.441 e. The summed E-state index contributed by atoms with van der Waals surface area (Å²) in [6, 6.07) is 6.71. The molecule has 2 amide bonds. The lowest BCUT2D eigenvalue weighted by atomic mass is 9.74. The molecular formula is C19H23N3O2. The third-order valence-electron chi connectivity index (χ3n) is 5.25. The maximum atomic E-state index is 12.6. The number of benzene rings is 1. The van der Waals surface area contributed by atoms with Crippen LogP contribution in [0, 0.1) is 19.8 Å². The van der Waals surface area contributed by atoms with Crippen LogP contribution in [0.4, 0.5) is 10.5 Å². The van der Waals surface area contributed by atoms with E-state index < -0.39 is 0 Å². The van der Waals surface area contributed by atoms with Gasteiger partial charge in [0.05, 0.1) is 6.20 Å². The Morgan fingerprint density at radius 2 is 2.00 bits per heavy atom. The van der Waals surface area contributed by atoms with E-state index in [0.29, 0.717) is 18.0 Å². The number of aromatic nitrogens is 1. The molecular weight excluding hydrogens is 302 g/mol. The molecule has 0 aliphatic carbocycles. The molecule has 2 unspecified atom stereocenters. The molecule has 5 heteroatoms. The Balaban J connectivity index is 1.52. The molecule has 5 nitrogen and oxygen atoms in total. The summed E-state index contributed by atoms with van der Waals surface area (Å²) >= 11 is 0. The Labute approximate surface area is 142 Å². The van der Waals surface area contributed by atoms with Crippen LogP contribution in [-0.2, 0) is 0 Å². The second-order valence-corrected chi connectivity index (χ2v) is 7.26. The highest BCUT2D eigenvalue weighted by atomic mass is 16.4. The lowest BCUT2D eigenvalue weighted by Gasteiger charge is -2.54. The first kappa shape index (κ1) is 15.2. The molecule has 1 aromatic heterocycles. The number of oxazole rings is 1. The van der Waals surface area contributed by atoms with E-state index in [-0.39, 0.29) is 6.03 Å². The van der Waals surface area contributed by atoms with Gasteiger partial charge in [-0.15, -0.1) is 0 Å². The fourth-order valence-corrected chi connectivity index (χ4v) is 4.08. The van der Waals surface area contributed by atoms with Crippen LogP contribution in [0.5, 0.6) is 0 Å². The SMILES string of the molecule is Cc1cnc(-c2cc(NC(=O)N3C4CC(C)CC3C4)ccc2C)o1. The van der Waals surface area contributed by atoms with Gasteiger partial charge in [-0.1, -0.05) is 13.0 Å². The number of fused-ring (bicyclic) bond motifs is 2. The number of nitrogens with one attached hydrogen (secondary N) is 1. The van der Waals surface area contributed by atoms with Gasteiger partial charge in [0, 0.05) is 23.3 Å². The monoisotopic (exact) mass is 325 g/mol. The summed E-state index contributed by atoms with van der Waals surface area (Å²) in [6.07, 6.45) is 5.12. The molecule has 24 heavy (non-hydrogen) atoms. The number of urea groups is 1. The molecule has 2 aromatic rings. The van der Waals surface area contributed by atoms with Gasteiger partial charge in [0.2, 0.25) is 5.89 Å². The van der Waals surface area contributed by atoms with Crippen molar-refractivity contribution in [3.63, 3.8) is 0 Å². The Morgan fingerprint density at radius 3 is 2.67 bits per heavy atom. The summed E-state index contributed by atoms with van der Waals surface area (Å²) in [7, 11) is 0. The van der Waals surface area contributed by atoms with Gasteiger partial charge in [-0.2, -0.15) is 0 Å². The highest BCUT2D eigenvalue weighted by Gasteiger charge is 2.46. The molecule has 2 aliphatic rings. The van der Waals surface area contributed by atoms with E-state index in [1.807, 2.05) is 36.9 Å². The standard InChI is InChI=1S/C19H23N3O2/c1-11-6-15-9-16(7-11)22(15)19(23)21-14-5-4-12(2)17(8-14)18-20-10-13(3)24-18/h4-5,8,10-11,15-16H,6-7,9H2,1-3H3,(H,21,23). The average molecular weight is 325 g/mol. The van der Waals surface area contributed by atoms with Crippen LogP contribution in [-0.4, -0.2) is 28.0 Å². The maximum absolute atomic E-state index is 12.6. The lowest BCUT2D eigenvalue weighted by molar-refractivity contribution is -0.00600. The van der Waals surface area contributed by atoms with E-state index in [0.717, 1.165) is 47.8 Å². The normalized spacial score (nSPS) is 25.3. The molecule has 3 heterocycles. The van der Waals surface area contributed by atoms with Crippen molar-refractivity contribution in [3.05, 3.63) is 35.7 Å². The number of hydrogen-bond donors (Lipinski definition) is 1. The zero-order chi connectivity index (χ0) is 16.8. The Hall–Kier alpha value is -2.30. The second kappa shape index (κ2) is 5.65. The number of anilines is 1. The molecule has 2 aliphatic heterocycles. The van der Waals surface area contributed by atoms with Gasteiger partial charge >= 0.3 is 6.03 Å². The van der Waals surface area contributed by atoms with Crippen LogP contribution in [0.2, 0.25) is 0 Å². The summed E-state index contributed by atoms with van der Waals surface area (Å²) in [5.41, 5.74) is 2.78. The molecule has 4 rings (SSSR count). The number of amides is 2. The first-order valence-electron chi connectivity index (χ1n) is 8.64. The summed E-state index contributed by atoms with van der Waals surface area (Å²) in [5, 5.41) is 3.05. The van der Waals surface area contributed by atoms with Gasteiger partial charge in [0.1, 0.15) is 5.76 Å². The van der Waals surface area contributed by atoms with Gasteiger partial charge < -0.3 is 14.6 Å². The molecule has 1 N–H and O–H groups in total. The number of nitrogens with zero attached hydrogens (tertiary/aromatic N) is 2. The van der Waals surface area contributed by atoms with Gasteiger partial charge in [0.15, 0.2) is 0 Å². The molecule has 2 bridgehead atoms. The number of carbonyl (C=O) groups is 1. The first-order chi connectivity index (χ1) is 11.5. The summed E-state index contributed by atoms with van der Waals surface area (Å²) in [5.74, 6) is 2.11. The highest BCUT2D eigenvalue weighted by molar-refractivity contribution is 5.91. The lowest BCUT2D eigenvalue weighted by Crippen LogP contribution is -2.63. The van der Waals surface area contributed by atoms with Crippen LogP contribution in [0.25, 0.3) is 11.5 Å².